The Hall–Kier alpha value is -2.30. The van der Waals surface area contributed by atoms with Gasteiger partial charge in [-0.05, 0) is 43.7 Å². The number of aromatic nitrogens is 2. The Labute approximate surface area is 168 Å². The van der Waals surface area contributed by atoms with E-state index in [0.717, 1.165) is 51.1 Å². The van der Waals surface area contributed by atoms with Gasteiger partial charge in [0.05, 0.1) is 12.9 Å². The maximum Gasteiger partial charge on any atom is 0.222 e. The molecule has 0 saturated carbocycles. The van der Waals surface area contributed by atoms with E-state index in [4.69, 9.17) is 4.74 Å². The number of aryl methyl sites for hydroxylation is 2. The summed E-state index contributed by atoms with van der Waals surface area (Å²) in [6.07, 6.45) is 15.0. The zero-order valence-electron chi connectivity index (χ0n) is 16.9. The number of para-hydroxylation sites is 1. The van der Waals surface area contributed by atoms with E-state index < -0.39 is 0 Å². The molecule has 0 unspecified atom stereocenters. The maximum atomic E-state index is 12.7. The first-order chi connectivity index (χ1) is 13.8. The van der Waals surface area contributed by atoms with Gasteiger partial charge in [0, 0.05) is 38.4 Å². The first kappa shape index (κ1) is 20.4. The number of rotatable bonds is 4. The van der Waals surface area contributed by atoms with Gasteiger partial charge in [0.25, 0.3) is 0 Å². The van der Waals surface area contributed by atoms with Crippen molar-refractivity contribution in [1.29, 1.82) is 0 Å². The van der Waals surface area contributed by atoms with Gasteiger partial charge in [-0.2, -0.15) is 0 Å². The summed E-state index contributed by atoms with van der Waals surface area (Å²) in [5.74, 6) is 1.28. The van der Waals surface area contributed by atoms with Crippen molar-refractivity contribution in [2.75, 3.05) is 19.7 Å². The molecule has 2 heterocycles. The number of carbonyl (C=O) groups excluding carboxylic acids is 1. The molecule has 1 amide bonds. The molecule has 0 aliphatic carbocycles. The van der Waals surface area contributed by atoms with Crippen LogP contribution in [0.15, 0.2) is 43.0 Å². The predicted molar refractivity (Wildman–Crippen MR) is 111 cm³/mol. The van der Waals surface area contributed by atoms with Crippen LogP contribution in [-0.2, 0) is 17.8 Å². The Morgan fingerprint density at radius 3 is 2.75 bits per heavy atom. The van der Waals surface area contributed by atoms with Crippen molar-refractivity contribution in [3.63, 3.8) is 0 Å². The van der Waals surface area contributed by atoms with E-state index in [9.17, 15) is 4.79 Å². The van der Waals surface area contributed by atoms with Crippen molar-refractivity contribution in [3.05, 3.63) is 48.5 Å². The third-order valence-corrected chi connectivity index (χ3v) is 5.40. The smallest absolute Gasteiger partial charge is 0.222 e. The highest BCUT2D eigenvalue weighted by molar-refractivity contribution is 5.76. The molecule has 1 aliphatic heterocycles. The Balaban J connectivity index is 1.50. The van der Waals surface area contributed by atoms with Gasteiger partial charge in [0.2, 0.25) is 5.91 Å². The van der Waals surface area contributed by atoms with Gasteiger partial charge in [0.1, 0.15) is 5.75 Å². The summed E-state index contributed by atoms with van der Waals surface area (Å²) in [5.41, 5.74) is 1.31. The predicted octanol–water partition coefficient (Wildman–Crippen LogP) is 4.47. The molecular weight excluding hydrogens is 350 g/mol. The third kappa shape index (κ3) is 6.70. The molecule has 1 aromatic carbocycles. The van der Waals surface area contributed by atoms with Crippen LogP contribution in [0.25, 0.3) is 0 Å². The summed E-state index contributed by atoms with van der Waals surface area (Å²) in [6, 6.07) is 8.38. The molecule has 5 heteroatoms. The van der Waals surface area contributed by atoms with Crippen molar-refractivity contribution < 1.29 is 9.53 Å². The van der Waals surface area contributed by atoms with Gasteiger partial charge in [-0.15, -0.1) is 0 Å². The number of hydrogen-bond donors (Lipinski definition) is 0. The van der Waals surface area contributed by atoms with Crippen LogP contribution >= 0.6 is 0 Å². The van der Waals surface area contributed by atoms with Crippen LogP contribution in [0, 0.1) is 0 Å². The Morgan fingerprint density at radius 1 is 1.04 bits per heavy atom. The molecule has 0 radical (unpaired) electrons. The minimum atomic E-state index is 0.271. The van der Waals surface area contributed by atoms with Gasteiger partial charge in [-0.1, -0.05) is 37.5 Å². The van der Waals surface area contributed by atoms with Crippen molar-refractivity contribution >= 4 is 5.91 Å². The minimum Gasteiger partial charge on any atom is -0.493 e. The average molecular weight is 384 g/mol. The average Bonchev–Trinajstić information content (AvgIpc) is 3.22. The number of nitrogens with zero attached hydrogens (tertiary/aromatic N) is 3. The molecule has 1 aliphatic rings. The number of fused-ring (bicyclic) bond motifs is 1. The van der Waals surface area contributed by atoms with Gasteiger partial charge >= 0.3 is 0 Å². The van der Waals surface area contributed by atoms with Crippen LogP contribution in [0.3, 0.4) is 0 Å². The molecule has 2 aromatic rings. The highest BCUT2D eigenvalue weighted by Crippen LogP contribution is 2.21. The molecule has 28 heavy (non-hydrogen) atoms. The van der Waals surface area contributed by atoms with Crippen LogP contribution < -0.4 is 4.74 Å². The summed E-state index contributed by atoms with van der Waals surface area (Å²) < 4.78 is 8.07. The topological polar surface area (TPSA) is 47.4 Å². The number of amides is 1. The van der Waals surface area contributed by atoms with Gasteiger partial charge < -0.3 is 14.2 Å². The fourth-order valence-electron chi connectivity index (χ4n) is 3.79. The van der Waals surface area contributed by atoms with E-state index in [1.165, 1.54) is 31.2 Å². The second-order valence-electron chi connectivity index (χ2n) is 7.61. The lowest BCUT2D eigenvalue weighted by Gasteiger charge is -2.23. The van der Waals surface area contributed by atoms with Gasteiger partial charge in [-0.25, -0.2) is 4.98 Å². The van der Waals surface area contributed by atoms with Crippen LogP contribution in [-0.4, -0.2) is 40.1 Å². The van der Waals surface area contributed by atoms with E-state index in [1.54, 1.807) is 12.5 Å². The Morgan fingerprint density at radius 2 is 1.86 bits per heavy atom. The molecule has 0 N–H and O–H groups in total. The molecule has 5 nitrogen and oxygen atoms in total. The maximum absolute atomic E-state index is 12.7. The summed E-state index contributed by atoms with van der Waals surface area (Å²) >= 11 is 0. The molecular formula is C23H33N3O2. The van der Waals surface area contributed by atoms with Crippen LogP contribution in [0.2, 0.25) is 0 Å². The lowest BCUT2D eigenvalue weighted by Crippen LogP contribution is -2.33. The van der Waals surface area contributed by atoms with Crippen LogP contribution in [0.5, 0.6) is 5.75 Å². The summed E-state index contributed by atoms with van der Waals surface area (Å²) in [7, 11) is 0. The van der Waals surface area contributed by atoms with Crippen molar-refractivity contribution in [1.82, 2.24) is 14.5 Å². The number of benzene rings is 1. The quantitative estimate of drug-likeness (QED) is 0.783. The third-order valence-electron chi connectivity index (χ3n) is 5.40. The van der Waals surface area contributed by atoms with Gasteiger partial charge in [0.15, 0.2) is 0 Å². The van der Waals surface area contributed by atoms with E-state index in [0.29, 0.717) is 13.0 Å². The van der Waals surface area contributed by atoms with E-state index in [2.05, 4.69) is 28.1 Å². The van der Waals surface area contributed by atoms with E-state index >= 15 is 0 Å². The lowest BCUT2D eigenvalue weighted by atomic mass is 10.0. The first-order valence-corrected chi connectivity index (χ1v) is 10.8. The monoisotopic (exact) mass is 383 g/mol. The molecule has 0 bridgehead atoms. The van der Waals surface area contributed by atoms with E-state index in [-0.39, 0.29) is 5.91 Å². The van der Waals surface area contributed by atoms with Crippen molar-refractivity contribution in [3.8, 4) is 5.75 Å². The number of ether oxygens (including phenoxy) is 1. The van der Waals surface area contributed by atoms with Gasteiger partial charge in [-0.3, -0.25) is 4.79 Å². The molecule has 3 rings (SSSR count). The molecule has 152 valence electrons. The van der Waals surface area contributed by atoms with Crippen molar-refractivity contribution in [2.24, 2.45) is 0 Å². The molecule has 1 aromatic heterocycles. The second kappa shape index (κ2) is 11.5. The Bertz CT molecular complexity index is 700. The molecule has 0 spiro atoms. The lowest BCUT2D eigenvalue weighted by molar-refractivity contribution is -0.131. The zero-order chi connectivity index (χ0) is 19.4. The SMILES string of the molecule is O=C(CCCn1ccnc1)N1CCCCCCCc2ccccc2OCCC1. The fourth-order valence-corrected chi connectivity index (χ4v) is 3.79. The van der Waals surface area contributed by atoms with E-state index in [1.807, 2.05) is 16.8 Å². The van der Waals surface area contributed by atoms with Crippen LogP contribution in [0.1, 0.15) is 56.9 Å². The summed E-state index contributed by atoms with van der Waals surface area (Å²) in [4.78, 5) is 18.8. The normalized spacial score (nSPS) is 16.6. The molecule has 0 atom stereocenters. The number of carbonyl (C=O) groups is 1. The summed E-state index contributed by atoms with van der Waals surface area (Å²) in [5, 5.41) is 0. The molecule has 0 fully saturated rings. The molecule has 0 saturated heterocycles. The highest BCUT2D eigenvalue weighted by Gasteiger charge is 2.13. The standard InChI is InChI=1S/C23H33N3O2/c27-23(13-8-15-25-18-14-24-20-25)26-16-7-3-1-2-4-10-21-11-5-6-12-22(21)28-19-9-17-26/h5-6,11-12,14,18,20H,1-4,7-10,13,15-17,19H2. The number of imidazole rings is 1. The highest BCUT2D eigenvalue weighted by atomic mass is 16.5. The minimum absolute atomic E-state index is 0.271. The largest absolute Gasteiger partial charge is 0.493 e. The summed E-state index contributed by atoms with van der Waals surface area (Å²) in [6.45, 7) is 3.17. The Kier molecular flexibility index (Phi) is 8.41. The fraction of sp³-hybridized carbons (Fsp3) is 0.565. The van der Waals surface area contributed by atoms with Crippen molar-refractivity contribution in [2.45, 2.75) is 64.3 Å². The number of hydrogen-bond acceptors (Lipinski definition) is 3. The zero-order valence-corrected chi connectivity index (χ0v) is 16.9. The first-order valence-electron chi connectivity index (χ1n) is 10.8. The second-order valence-corrected chi connectivity index (χ2v) is 7.61. The van der Waals surface area contributed by atoms with Crippen LogP contribution in [0.4, 0.5) is 0 Å².